The van der Waals surface area contributed by atoms with Crippen molar-refractivity contribution in [3.8, 4) is 17.0 Å². The first kappa shape index (κ1) is 26.7. The minimum atomic E-state index is -4.44. The van der Waals surface area contributed by atoms with Crippen molar-refractivity contribution < 1.29 is 23.0 Å². The molecule has 0 amide bonds. The molecule has 0 spiro atoms. The molecular weight excluding hydrogens is 518 g/mol. The van der Waals surface area contributed by atoms with Crippen molar-refractivity contribution in [2.24, 2.45) is 0 Å². The van der Waals surface area contributed by atoms with Gasteiger partial charge >= 0.3 is 0 Å². The van der Waals surface area contributed by atoms with Gasteiger partial charge in [0.1, 0.15) is 11.9 Å². The lowest BCUT2D eigenvalue weighted by Crippen LogP contribution is -2.36. The summed E-state index contributed by atoms with van der Waals surface area (Å²) in [6.07, 6.45) is 4.17. The Morgan fingerprint density at radius 2 is 1.87 bits per heavy atom. The van der Waals surface area contributed by atoms with Crippen molar-refractivity contribution in [1.29, 1.82) is 0 Å². The van der Waals surface area contributed by atoms with E-state index in [1.807, 2.05) is 43.3 Å². The third kappa shape index (κ3) is 5.10. The van der Waals surface area contributed by atoms with E-state index in [0.29, 0.717) is 13.0 Å². The Bertz CT molecular complexity index is 1630. The Morgan fingerprint density at radius 1 is 1.13 bits per heavy atom. The molecule has 1 aliphatic heterocycles. The van der Waals surface area contributed by atoms with Crippen molar-refractivity contribution in [3.63, 3.8) is 0 Å². The zero-order valence-corrected chi connectivity index (χ0v) is 22.5. The van der Waals surface area contributed by atoms with Gasteiger partial charge in [0.05, 0.1) is 17.5 Å². The zero-order valence-electron chi connectivity index (χ0n) is 21.6. The van der Waals surface area contributed by atoms with Gasteiger partial charge in [-0.2, -0.15) is 4.98 Å². The number of methoxy groups -OCH3 is 1. The van der Waals surface area contributed by atoms with E-state index >= 15 is 0 Å². The SMILES string of the molecule is COC[C@@H](c1ccccc1)n1c(C2CCCO2)nc(O)c(S(=O)(=O)c2ccc(-c3ccncc3C)cc2)c1=O. The molecular formula is C29H29N3O6S. The van der Waals surface area contributed by atoms with Gasteiger partial charge in [0.25, 0.3) is 5.56 Å². The minimum absolute atomic E-state index is 0.0789. The van der Waals surface area contributed by atoms with E-state index in [9.17, 15) is 18.3 Å². The fourth-order valence-electron chi connectivity index (χ4n) is 4.95. The molecule has 10 heteroatoms. The largest absolute Gasteiger partial charge is 0.492 e. The summed E-state index contributed by atoms with van der Waals surface area (Å²) in [4.78, 5) is 21.5. The maximum absolute atomic E-state index is 14.1. The molecule has 1 saturated heterocycles. The molecule has 9 nitrogen and oxygen atoms in total. The summed E-state index contributed by atoms with van der Waals surface area (Å²) in [5.41, 5.74) is 2.49. The number of nitrogens with zero attached hydrogens (tertiary/aromatic N) is 3. The van der Waals surface area contributed by atoms with Crippen LogP contribution in [0.4, 0.5) is 0 Å². The number of rotatable bonds is 8. The maximum Gasteiger partial charge on any atom is 0.277 e. The lowest BCUT2D eigenvalue weighted by atomic mass is 10.0. The fourth-order valence-corrected chi connectivity index (χ4v) is 6.29. The van der Waals surface area contributed by atoms with Gasteiger partial charge in [0.2, 0.25) is 15.7 Å². The van der Waals surface area contributed by atoms with Crippen LogP contribution in [0, 0.1) is 6.92 Å². The van der Waals surface area contributed by atoms with E-state index in [-0.39, 0.29) is 17.3 Å². The molecule has 2 aromatic heterocycles. The average molecular weight is 548 g/mol. The molecule has 0 radical (unpaired) electrons. The normalized spacial score (nSPS) is 16.3. The van der Waals surface area contributed by atoms with E-state index in [2.05, 4.69) is 9.97 Å². The lowest BCUT2D eigenvalue weighted by Gasteiger charge is -2.25. The Morgan fingerprint density at radius 3 is 2.51 bits per heavy atom. The van der Waals surface area contributed by atoms with Crippen LogP contribution < -0.4 is 5.56 Å². The first-order chi connectivity index (χ1) is 18.8. The second-order valence-corrected chi connectivity index (χ2v) is 11.3. The summed E-state index contributed by atoms with van der Waals surface area (Å²) in [5.74, 6) is -0.677. The highest BCUT2D eigenvalue weighted by atomic mass is 32.2. The van der Waals surface area contributed by atoms with Crippen molar-refractivity contribution in [3.05, 3.63) is 100 Å². The zero-order chi connectivity index (χ0) is 27.6. The molecule has 2 aromatic carbocycles. The first-order valence-electron chi connectivity index (χ1n) is 12.6. The second kappa shape index (κ2) is 11.1. The molecule has 2 atom stereocenters. The van der Waals surface area contributed by atoms with E-state index in [4.69, 9.17) is 9.47 Å². The number of aromatic hydroxyl groups is 1. The van der Waals surface area contributed by atoms with Crippen LogP contribution >= 0.6 is 0 Å². The minimum Gasteiger partial charge on any atom is -0.492 e. The first-order valence-corrected chi connectivity index (χ1v) is 14.1. The fraction of sp³-hybridized carbons (Fsp3) is 0.276. The number of ether oxygens (including phenoxy) is 2. The van der Waals surface area contributed by atoms with Gasteiger partial charge in [-0.1, -0.05) is 42.5 Å². The molecule has 0 bridgehead atoms. The lowest BCUT2D eigenvalue weighted by molar-refractivity contribution is 0.0935. The van der Waals surface area contributed by atoms with Crippen molar-refractivity contribution in [2.75, 3.05) is 20.3 Å². The van der Waals surface area contributed by atoms with Gasteiger partial charge in [-0.3, -0.25) is 14.3 Å². The predicted octanol–water partition coefficient (Wildman–Crippen LogP) is 4.24. The third-order valence-corrected chi connectivity index (χ3v) is 8.67. The number of hydrogen-bond acceptors (Lipinski definition) is 8. The Labute approximate surface area is 226 Å². The smallest absolute Gasteiger partial charge is 0.277 e. The molecule has 3 heterocycles. The van der Waals surface area contributed by atoms with Gasteiger partial charge in [-0.25, -0.2) is 8.42 Å². The Balaban J connectivity index is 1.67. The van der Waals surface area contributed by atoms with Crippen molar-refractivity contribution in [2.45, 2.75) is 41.7 Å². The summed E-state index contributed by atoms with van der Waals surface area (Å²) in [5, 5.41) is 10.9. The van der Waals surface area contributed by atoms with Gasteiger partial charge < -0.3 is 14.6 Å². The molecule has 202 valence electrons. The highest BCUT2D eigenvalue weighted by Crippen LogP contribution is 2.34. The number of benzene rings is 2. The van der Waals surface area contributed by atoms with Gasteiger partial charge in [0.15, 0.2) is 4.90 Å². The molecule has 0 saturated carbocycles. The molecule has 5 rings (SSSR count). The average Bonchev–Trinajstić information content (AvgIpc) is 3.48. The second-order valence-electron chi connectivity index (χ2n) is 9.40. The number of aryl methyl sites for hydroxylation is 1. The molecule has 0 aliphatic carbocycles. The summed E-state index contributed by atoms with van der Waals surface area (Å²) in [6, 6.07) is 16.5. The highest BCUT2D eigenvalue weighted by molar-refractivity contribution is 7.91. The maximum atomic E-state index is 14.1. The van der Waals surface area contributed by atoms with Crippen molar-refractivity contribution in [1.82, 2.24) is 14.5 Å². The summed E-state index contributed by atoms with van der Waals surface area (Å²) in [6.45, 7) is 2.47. The standard InChI is InChI=1S/C29H29N3O6S/c1-19-17-30-15-14-23(19)20-10-12-22(13-11-20)39(35,36)26-28(33)31-27(25-9-6-16-38-25)32(29(26)34)24(18-37-2)21-7-4-3-5-8-21/h3-5,7-8,10-15,17,24-25,33H,6,9,16,18H2,1-2H3/t24-,25?/m0/s1. The number of sulfone groups is 1. The molecule has 1 aliphatic rings. The molecule has 1 N–H and O–H groups in total. The number of aromatic nitrogens is 3. The number of hydrogen-bond donors (Lipinski definition) is 1. The van der Waals surface area contributed by atoms with Crippen LogP contribution in [0.5, 0.6) is 5.88 Å². The van der Waals surface area contributed by atoms with Crippen LogP contribution in [0.1, 0.15) is 41.9 Å². The van der Waals surface area contributed by atoms with Crippen LogP contribution in [-0.2, 0) is 19.3 Å². The van der Waals surface area contributed by atoms with Gasteiger partial charge in [-0.05, 0) is 60.2 Å². The highest BCUT2D eigenvalue weighted by Gasteiger charge is 2.35. The Hall–Kier alpha value is -3.86. The summed E-state index contributed by atoms with van der Waals surface area (Å²) >= 11 is 0. The van der Waals surface area contributed by atoms with E-state index < -0.39 is 38.3 Å². The van der Waals surface area contributed by atoms with Crippen molar-refractivity contribution >= 4 is 9.84 Å². The van der Waals surface area contributed by atoms with Crippen LogP contribution in [0.3, 0.4) is 0 Å². The van der Waals surface area contributed by atoms with Gasteiger partial charge in [-0.15, -0.1) is 0 Å². The number of pyridine rings is 1. The van der Waals surface area contributed by atoms with E-state index in [1.54, 1.807) is 24.5 Å². The molecule has 1 unspecified atom stereocenters. The van der Waals surface area contributed by atoms with Crippen LogP contribution in [0.25, 0.3) is 11.1 Å². The van der Waals surface area contributed by atoms with Crippen LogP contribution in [0.2, 0.25) is 0 Å². The summed E-state index contributed by atoms with van der Waals surface area (Å²) < 4.78 is 40.2. The van der Waals surface area contributed by atoms with E-state index in [0.717, 1.165) is 28.7 Å². The molecule has 39 heavy (non-hydrogen) atoms. The Kier molecular flexibility index (Phi) is 7.60. The predicted molar refractivity (Wildman–Crippen MR) is 144 cm³/mol. The quantitative estimate of drug-likeness (QED) is 0.348. The summed E-state index contributed by atoms with van der Waals surface area (Å²) in [7, 11) is -2.94. The third-order valence-electron chi connectivity index (χ3n) is 6.89. The van der Waals surface area contributed by atoms with E-state index in [1.165, 1.54) is 23.8 Å². The van der Waals surface area contributed by atoms with Crippen LogP contribution in [-0.4, -0.2) is 48.4 Å². The monoisotopic (exact) mass is 547 g/mol. The molecule has 4 aromatic rings. The van der Waals surface area contributed by atoms with Gasteiger partial charge in [0, 0.05) is 26.1 Å². The topological polar surface area (TPSA) is 121 Å². The van der Waals surface area contributed by atoms with Crippen LogP contribution in [0.15, 0.2) is 87.6 Å². The molecule has 1 fully saturated rings.